The summed E-state index contributed by atoms with van der Waals surface area (Å²) in [7, 11) is 2.08. The summed E-state index contributed by atoms with van der Waals surface area (Å²) in [5.74, 6) is -0.0793. The Hall–Kier alpha value is -4.07. The Bertz CT molecular complexity index is 1670. The molecule has 0 N–H and O–H groups in total. The van der Waals surface area contributed by atoms with Crippen LogP contribution in [0.3, 0.4) is 0 Å². The van der Waals surface area contributed by atoms with Gasteiger partial charge in [0.1, 0.15) is 24.0 Å². The SMILES string of the molecule is [C-]#[N+]C[C@H]1CN(c2nc(OC[C@@H]3CCCN3C)nc3c(F)c(-c4cccc5sccc45)ccc23)CCN1C(=O)C=C. The molecule has 2 aromatic carbocycles. The van der Waals surface area contributed by atoms with Gasteiger partial charge in [0.05, 0.1) is 0 Å². The Kier molecular flexibility index (Phi) is 7.56. The van der Waals surface area contributed by atoms with Gasteiger partial charge in [-0.1, -0.05) is 24.8 Å². The molecular formula is C31H31FN6O2S. The molecule has 2 aliphatic heterocycles. The van der Waals surface area contributed by atoms with Crippen molar-refractivity contribution in [3.63, 3.8) is 0 Å². The second kappa shape index (κ2) is 11.4. The van der Waals surface area contributed by atoms with E-state index in [1.54, 1.807) is 22.3 Å². The van der Waals surface area contributed by atoms with Gasteiger partial charge in [0.15, 0.2) is 5.82 Å². The molecule has 0 aliphatic carbocycles. The first-order valence-electron chi connectivity index (χ1n) is 13.8. The molecule has 2 fully saturated rings. The lowest BCUT2D eigenvalue weighted by atomic mass is 9.99. The minimum Gasteiger partial charge on any atom is -0.462 e. The average Bonchev–Trinajstić information content (AvgIpc) is 3.64. The van der Waals surface area contributed by atoms with Crippen LogP contribution in [0.4, 0.5) is 10.2 Å². The van der Waals surface area contributed by atoms with Gasteiger partial charge in [0.25, 0.3) is 0 Å². The highest BCUT2D eigenvalue weighted by Crippen LogP contribution is 2.38. The smallest absolute Gasteiger partial charge is 0.319 e. The molecule has 6 rings (SSSR count). The highest BCUT2D eigenvalue weighted by Gasteiger charge is 2.33. The van der Waals surface area contributed by atoms with Crippen LogP contribution in [0.1, 0.15) is 12.8 Å². The van der Waals surface area contributed by atoms with Crippen LogP contribution in [0, 0.1) is 12.4 Å². The Balaban J connectivity index is 1.43. The molecule has 8 nitrogen and oxygen atoms in total. The second-order valence-electron chi connectivity index (χ2n) is 10.6. The normalized spacial score (nSPS) is 19.5. The number of aromatic nitrogens is 2. The molecule has 4 aromatic rings. The Morgan fingerprint density at radius 2 is 2.05 bits per heavy atom. The van der Waals surface area contributed by atoms with E-state index >= 15 is 4.39 Å². The molecule has 0 bridgehead atoms. The first kappa shape index (κ1) is 27.1. The highest BCUT2D eigenvalue weighted by molar-refractivity contribution is 7.17. The molecule has 2 aliphatic rings. The number of benzene rings is 2. The molecule has 41 heavy (non-hydrogen) atoms. The molecule has 0 unspecified atom stereocenters. The van der Waals surface area contributed by atoms with E-state index in [4.69, 9.17) is 16.3 Å². The summed E-state index contributed by atoms with van der Waals surface area (Å²) in [4.78, 5) is 31.4. The van der Waals surface area contributed by atoms with Crippen LogP contribution in [0.2, 0.25) is 0 Å². The lowest BCUT2D eigenvalue weighted by Crippen LogP contribution is -2.56. The molecule has 0 saturated carbocycles. The second-order valence-corrected chi connectivity index (χ2v) is 11.5. The van der Waals surface area contributed by atoms with Gasteiger partial charge in [0.2, 0.25) is 12.5 Å². The number of hydrogen-bond donors (Lipinski definition) is 0. The number of fused-ring (bicyclic) bond motifs is 2. The average molecular weight is 571 g/mol. The minimum atomic E-state index is -0.425. The molecule has 2 aromatic heterocycles. The number of carbonyl (C=O) groups excluding carboxylic acids is 1. The number of carbonyl (C=O) groups is 1. The summed E-state index contributed by atoms with van der Waals surface area (Å²) >= 11 is 1.62. The topological polar surface area (TPSA) is 66.2 Å². The van der Waals surface area contributed by atoms with E-state index in [0.717, 1.165) is 35.0 Å². The van der Waals surface area contributed by atoms with Crippen molar-refractivity contribution in [1.29, 1.82) is 0 Å². The summed E-state index contributed by atoms with van der Waals surface area (Å²) in [6, 6.07) is 11.6. The number of halogens is 1. The standard InChI is InChI=1S/C31H31FN6O2S/c1-4-27(39)38-15-14-37(18-21(38)17-33-2)30-25-11-10-24(22-8-5-9-26-23(22)12-16-41-26)28(32)29(25)34-31(35-30)40-19-20-7-6-13-36(20)3/h4-5,8-12,16,20-21H,1,6-7,13-15,17-19H2,3H3/t20-,21-/m0/s1. The molecule has 210 valence electrons. The van der Waals surface area contributed by atoms with E-state index in [9.17, 15) is 4.79 Å². The number of thiophene rings is 1. The van der Waals surface area contributed by atoms with Crippen LogP contribution >= 0.6 is 11.3 Å². The zero-order valence-electron chi connectivity index (χ0n) is 22.9. The lowest BCUT2D eigenvalue weighted by molar-refractivity contribution is -0.128. The quantitative estimate of drug-likeness (QED) is 0.224. The third-order valence-electron chi connectivity index (χ3n) is 8.17. The van der Waals surface area contributed by atoms with Gasteiger partial charge >= 0.3 is 6.01 Å². The van der Waals surface area contributed by atoms with Crippen LogP contribution < -0.4 is 9.64 Å². The summed E-state index contributed by atoms with van der Waals surface area (Å²) < 4.78 is 23.7. The Morgan fingerprint density at radius 1 is 1.17 bits per heavy atom. The maximum absolute atomic E-state index is 16.5. The van der Waals surface area contributed by atoms with Crippen molar-refractivity contribution in [2.45, 2.75) is 24.9 Å². The molecule has 1 amide bonds. The third-order valence-corrected chi connectivity index (χ3v) is 9.05. The van der Waals surface area contributed by atoms with Gasteiger partial charge in [-0.2, -0.15) is 9.97 Å². The van der Waals surface area contributed by atoms with Gasteiger partial charge in [-0.05, 0) is 61.7 Å². The van der Waals surface area contributed by atoms with Gasteiger partial charge < -0.3 is 24.3 Å². The molecule has 2 saturated heterocycles. The molecule has 10 heteroatoms. The van der Waals surface area contributed by atoms with Crippen LogP contribution in [0.15, 0.2) is 54.4 Å². The number of piperazine rings is 1. The predicted molar refractivity (Wildman–Crippen MR) is 161 cm³/mol. The van der Waals surface area contributed by atoms with E-state index < -0.39 is 5.82 Å². The summed E-state index contributed by atoms with van der Waals surface area (Å²) in [6.07, 6.45) is 3.41. The van der Waals surface area contributed by atoms with E-state index in [-0.39, 0.29) is 36.1 Å². The molecule has 0 spiro atoms. The number of hydrogen-bond acceptors (Lipinski definition) is 7. The maximum atomic E-state index is 16.5. The van der Waals surface area contributed by atoms with Gasteiger partial charge in [0, 0.05) is 46.7 Å². The minimum absolute atomic E-state index is 0.129. The molecular weight excluding hydrogens is 539 g/mol. The zero-order valence-corrected chi connectivity index (χ0v) is 23.7. The fraction of sp³-hybridized carbons (Fsp3) is 0.355. The summed E-state index contributed by atoms with van der Waals surface area (Å²) in [5.41, 5.74) is 1.48. The summed E-state index contributed by atoms with van der Waals surface area (Å²) in [6.45, 7) is 13.9. The monoisotopic (exact) mass is 570 g/mol. The van der Waals surface area contributed by atoms with Crippen molar-refractivity contribution in [2.24, 2.45) is 0 Å². The van der Waals surface area contributed by atoms with Crippen molar-refractivity contribution >= 4 is 44.1 Å². The highest BCUT2D eigenvalue weighted by atomic mass is 32.1. The predicted octanol–water partition coefficient (Wildman–Crippen LogP) is 5.25. The Morgan fingerprint density at radius 3 is 2.83 bits per heavy atom. The number of likely N-dealkylation sites (N-methyl/N-ethyl adjacent to an activating group) is 1. The van der Waals surface area contributed by atoms with Crippen LogP contribution in [0.5, 0.6) is 6.01 Å². The number of anilines is 1. The number of ether oxygens (including phenoxy) is 1. The van der Waals surface area contributed by atoms with Crippen molar-refractivity contribution in [1.82, 2.24) is 19.8 Å². The maximum Gasteiger partial charge on any atom is 0.319 e. The summed E-state index contributed by atoms with van der Waals surface area (Å²) in [5, 5.41) is 3.57. The first-order valence-corrected chi connectivity index (χ1v) is 14.7. The van der Waals surface area contributed by atoms with E-state index in [2.05, 4.69) is 28.4 Å². The van der Waals surface area contributed by atoms with Crippen LogP contribution in [-0.4, -0.2) is 84.1 Å². The fourth-order valence-electron chi connectivity index (χ4n) is 5.95. The van der Waals surface area contributed by atoms with Crippen molar-refractivity contribution in [3.8, 4) is 17.1 Å². The number of nitrogens with zero attached hydrogens (tertiary/aromatic N) is 6. The van der Waals surface area contributed by atoms with Crippen molar-refractivity contribution in [3.05, 3.63) is 71.7 Å². The zero-order chi connectivity index (χ0) is 28.5. The molecule has 2 atom stereocenters. The van der Waals surface area contributed by atoms with Crippen LogP contribution in [-0.2, 0) is 4.79 Å². The van der Waals surface area contributed by atoms with E-state index in [1.165, 1.54) is 6.08 Å². The lowest BCUT2D eigenvalue weighted by Gasteiger charge is -2.39. The Labute approximate surface area is 242 Å². The number of amides is 1. The third kappa shape index (κ3) is 5.11. The van der Waals surface area contributed by atoms with Crippen molar-refractivity contribution in [2.75, 3.05) is 51.3 Å². The number of likely N-dealkylation sites (tertiary alicyclic amines) is 1. The van der Waals surface area contributed by atoms with E-state index in [1.807, 2.05) is 40.6 Å². The first-order chi connectivity index (χ1) is 20.0. The van der Waals surface area contributed by atoms with Crippen LogP contribution in [0.25, 0.3) is 37.0 Å². The van der Waals surface area contributed by atoms with Gasteiger partial charge in [-0.3, -0.25) is 4.79 Å². The largest absolute Gasteiger partial charge is 0.462 e. The van der Waals surface area contributed by atoms with Crippen molar-refractivity contribution < 1.29 is 13.9 Å². The number of rotatable bonds is 7. The van der Waals surface area contributed by atoms with Gasteiger partial charge in [-0.25, -0.2) is 11.0 Å². The van der Waals surface area contributed by atoms with E-state index in [0.29, 0.717) is 43.0 Å². The molecule has 4 heterocycles. The molecule has 0 radical (unpaired) electrons. The van der Waals surface area contributed by atoms with Gasteiger partial charge in [-0.15, -0.1) is 11.3 Å². The fourth-order valence-corrected chi connectivity index (χ4v) is 6.76.